The third-order valence-electron chi connectivity index (χ3n) is 6.19. The van der Waals surface area contributed by atoms with Crippen molar-refractivity contribution >= 4 is 39.1 Å². The van der Waals surface area contributed by atoms with Gasteiger partial charge in [0.1, 0.15) is 18.3 Å². The Morgan fingerprint density at radius 3 is 2.38 bits per heavy atom. The summed E-state index contributed by atoms with van der Waals surface area (Å²) in [4.78, 5) is 28.3. The first kappa shape index (κ1) is 30.0. The Hall–Kier alpha value is -3.56. The monoisotopic (exact) mass is 571 g/mol. The quantitative estimate of drug-likeness (QED) is 0.295. The highest BCUT2D eigenvalue weighted by molar-refractivity contribution is 7.92. The molecule has 0 aliphatic carbocycles. The Bertz CT molecular complexity index is 1370. The number of rotatable bonds is 13. The van der Waals surface area contributed by atoms with Crippen molar-refractivity contribution < 1.29 is 22.7 Å². The minimum absolute atomic E-state index is 0.0346. The third-order valence-corrected chi connectivity index (χ3v) is 8.21. The Morgan fingerprint density at radius 1 is 1.00 bits per heavy atom. The largest absolute Gasteiger partial charge is 0.497 e. The van der Waals surface area contributed by atoms with Gasteiger partial charge in [-0.25, -0.2) is 8.42 Å². The molecule has 1 N–H and O–H groups in total. The molecule has 8 nitrogen and oxygen atoms in total. The van der Waals surface area contributed by atoms with Gasteiger partial charge in [0.2, 0.25) is 11.8 Å². The molecule has 2 amide bonds. The van der Waals surface area contributed by atoms with E-state index in [9.17, 15) is 18.0 Å². The van der Waals surface area contributed by atoms with Gasteiger partial charge in [0, 0.05) is 24.2 Å². The summed E-state index contributed by atoms with van der Waals surface area (Å²) in [5.41, 5.74) is 0.970. The third kappa shape index (κ3) is 7.97. The number of sulfonamides is 1. The molecule has 0 saturated heterocycles. The van der Waals surface area contributed by atoms with Crippen molar-refractivity contribution in [2.75, 3.05) is 24.5 Å². The molecule has 0 unspecified atom stereocenters. The second kappa shape index (κ2) is 14.0. The van der Waals surface area contributed by atoms with Gasteiger partial charge in [-0.2, -0.15) is 0 Å². The van der Waals surface area contributed by atoms with E-state index in [1.54, 1.807) is 73.7 Å². The van der Waals surface area contributed by atoms with Crippen LogP contribution in [0.2, 0.25) is 5.02 Å². The van der Waals surface area contributed by atoms with E-state index in [2.05, 4.69) is 5.32 Å². The molecular weight excluding hydrogens is 538 g/mol. The maximum absolute atomic E-state index is 13.9. The van der Waals surface area contributed by atoms with Gasteiger partial charge >= 0.3 is 0 Å². The molecule has 0 radical (unpaired) electrons. The van der Waals surface area contributed by atoms with Crippen molar-refractivity contribution in [2.45, 2.75) is 44.2 Å². The van der Waals surface area contributed by atoms with Crippen molar-refractivity contribution in [3.8, 4) is 5.75 Å². The molecule has 0 heterocycles. The molecule has 3 aromatic rings. The second-order valence-corrected chi connectivity index (χ2v) is 11.3. The number of ether oxygens (including phenoxy) is 1. The van der Waals surface area contributed by atoms with Gasteiger partial charge in [-0.3, -0.25) is 13.9 Å². The van der Waals surface area contributed by atoms with Crippen LogP contribution in [-0.4, -0.2) is 51.4 Å². The van der Waals surface area contributed by atoms with Gasteiger partial charge in [-0.1, -0.05) is 61.3 Å². The zero-order chi connectivity index (χ0) is 28.4. The van der Waals surface area contributed by atoms with E-state index in [0.29, 0.717) is 22.9 Å². The molecule has 10 heteroatoms. The molecule has 0 aliphatic heterocycles. The topological polar surface area (TPSA) is 96.0 Å². The zero-order valence-electron chi connectivity index (χ0n) is 22.3. The average Bonchev–Trinajstić information content (AvgIpc) is 2.94. The molecule has 3 aromatic carbocycles. The number of unbranched alkanes of at least 4 members (excludes halogenated alkanes) is 1. The number of amides is 2. The summed E-state index contributed by atoms with van der Waals surface area (Å²) >= 11 is 6.17. The van der Waals surface area contributed by atoms with E-state index in [-0.39, 0.29) is 23.0 Å². The van der Waals surface area contributed by atoms with E-state index in [1.807, 2.05) is 6.92 Å². The van der Waals surface area contributed by atoms with Gasteiger partial charge in [-0.05, 0) is 55.3 Å². The minimum Gasteiger partial charge on any atom is -0.497 e. The van der Waals surface area contributed by atoms with Gasteiger partial charge in [0.25, 0.3) is 10.0 Å². The fraction of sp³-hybridized carbons (Fsp3) is 0.310. The predicted octanol–water partition coefficient (Wildman–Crippen LogP) is 4.88. The number of nitrogens with one attached hydrogen (secondary N) is 1. The summed E-state index contributed by atoms with van der Waals surface area (Å²) in [5.74, 6) is -0.430. The molecule has 0 spiro atoms. The van der Waals surface area contributed by atoms with Gasteiger partial charge in [0.15, 0.2) is 0 Å². The molecule has 0 aliphatic rings. The van der Waals surface area contributed by atoms with Crippen LogP contribution in [0.15, 0.2) is 83.8 Å². The average molecular weight is 572 g/mol. The molecule has 0 aromatic heterocycles. The SMILES string of the molecule is CCCCNC(=O)[C@H](C)N(Cc1cccc(Cl)c1)C(=O)CN(c1cccc(OC)c1)S(=O)(=O)c1ccccc1. The summed E-state index contributed by atoms with van der Waals surface area (Å²) in [6, 6.07) is 20.5. The Kier molecular flexibility index (Phi) is 10.8. The van der Waals surface area contributed by atoms with Crippen molar-refractivity contribution in [1.29, 1.82) is 0 Å². The lowest BCUT2D eigenvalue weighted by Crippen LogP contribution is -2.51. The number of hydrogen-bond acceptors (Lipinski definition) is 5. The second-order valence-electron chi connectivity index (χ2n) is 9.00. The van der Waals surface area contributed by atoms with Crippen LogP contribution in [0.25, 0.3) is 0 Å². The number of carbonyl (C=O) groups excluding carboxylic acids is 2. The number of methoxy groups -OCH3 is 1. The first-order valence-electron chi connectivity index (χ1n) is 12.7. The Morgan fingerprint density at radius 2 is 1.72 bits per heavy atom. The van der Waals surface area contributed by atoms with E-state index in [4.69, 9.17) is 16.3 Å². The summed E-state index contributed by atoms with van der Waals surface area (Å²) in [6.45, 7) is 3.67. The van der Waals surface area contributed by atoms with Crippen molar-refractivity contribution in [2.24, 2.45) is 0 Å². The maximum atomic E-state index is 13.9. The van der Waals surface area contributed by atoms with Crippen LogP contribution in [0.4, 0.5) is 5.69 Å². The van der Waals surface area contributed by atoms with Crippen LogP contribution in [0.5, 0.6) is 5.75 Å². The van der Waals surface area contributed by atoms with E-state index in [0.717, 1.165) is 17.1 Å². The van der Waals surface area contributed by atoms with E-state index in [1.165, 1.54) is 24.1 Å². The zero-order valence-corrected chi connectivity index (χ0v) is 23.9. The number of nitrogens with zero attached hydrogens (tertiary/aromatic N) is 2. The molecule has 3 rings (SSSR count). The number of hydrogen-bond donors (Lipinski definition) is 1. The van der Waals surface area contributed by atoms with Crippen LogP contribution >= 0.6 is 11.6 Å². The number of halogens is 1. The van der Waals surface area contributed by atoms with Gasteiger partial charge in [-0.15, -0.1) is 0 Å². The standard InChI is InChI=1S/C29H34ClN3O5S/c1-4-5-17-31-29(35)22(2)32(20-23-11-9-12-24(30)18-23)28(34)21-33(25-13-10-14-26(19-25)38-3)39(36,37)27-15-7-6-8-16-27/h6-16,18-19,22H,4-5,17,20-21H2,1-3H3,(H,31,35)/t22-/m0/s1. The van der Waals surface area contributed by atoms with Crippen molar-refractivity contribution in [1.82, 2.24) is 10.2 Å². The highest BCUT2D eigenvalue weighted by atomic mass is 35.5. The van der Waals surface area contributed by atoms with Crippen molar-refractivity contribution in [3.05, 3.63) is 89.4 Å². The molecule has 0 bridgehead atoms. The van der Waals surface area contributed by atoms with Crippen LogP contribution in [-0.2, 0) is 26.2 Å². The molecule has 208 valence electrons. The normalized spacial score (nSPS) is 11.9. The molecular formula is C29H34ClN3O5S. The lowest BCUT2D eigenvalue weighted by atomic mass is 10.1. The van der Waals surface area contributed by atoms with Crippen LogP contribution in [0.1, 0.15) is 32.3 Å². The van der Waals surface area contributed by atoms with Gasteiger partial charge in [0.05, 0.1) is 17.7 Å². The Labute approximate surface area is 235 Å². The van der Waals surface area contributed by atoms with Gasteiger partial charge < -0.3 is 15.0 Å². The predicted molar refractivity (Wildman–Crippen MR) is 153 cm³/mol. The van der Waals surface area contributed by atoms with Crippen LogP contribution in [0.3, 0.4) is 0 Å². The van der Waals surface area contributed by atoms with E-state index >= 15 is 0 Å². The first-order valence-corrected chi connectivity index (χ1v) is 14.5. The summed E-state index contributed by atoms with van der Waals surface area (Å²) in [5, 5.41) is 3.36. The highest BCUT2D eigenvalue weighted by Gasteiger charge is 2.32. The molecule has 0 fully saturated rings. The summed E-state index contributed by atoms with van der Waals surface area (Å²) < 4.78 is 33.9. The molecule has 1 atom stereocenters. The van der Waals surface area contributed by atoms with Crippen LogP contribution < -0.4 is 14.4 Å². The fourth-order valence-corrected chi connectivity index (χ4v) is 5.60. The maximum Gasteiger partial charge on any atom is 0.264 e. The lowest BCUT2D eigenvalue weighted by molar-refractivity contribution is -0.139. The number of anilines is 1. The van der Waals surface area contributed by atoms with E-state index < -0.39 is 28.5 Å². The highest BCUT2D eigenvalue weighted by Crippen LogP contribution is 2.27. The smallest absolute Gasteiger partial charge is 0.264 e. The number of carbonyl (C=O) groups is 2. The number of benzene rings is 3. The Balaban J connectivity index is 2.01. The molecule has 39 heavy (non-hydrogen) atoms. The summed E-state index contributed by atoms with van der Waals surface area (Å²) in [6.07, 6.45) is 1.71. The first-order chi connectivity index (χ1) is 18.7. The molecule has 0 saturated carbocycles. The van der Waals surface area contributed by atoms with Crippen molar-refractivity contribution in [3.63, 3.8) is 0 Å². The summed E-state index contributed by atoms with van der Waals surface area (Å²) in [7, 11) is -2.66. The van der Waals surface area contributed by atoms with Crippen LogP contribution in [0, 0.1) is 0 Å². The lowest BCUT2D eigenvalue weighted by Gasteiger charge is -2.32. The minimum atomic E-state index is -4.14. The fourth-order valence-electron chi connectivity index (χ4n) is 3.96.